The molecule has 84 heavy (non-hydrogen) atoms. The Balaban J connectivity index is 0.910. The van der Waals surface area contributed by atoms with Crippen molar-refractivity contribution < 1.29 is 36.7 Å². The molecule has 432 valence electrons. The standard InChI is InChI=1S/C64H64F4N12O4/c65-49-9-25-57(26-10-49)73-61(81)69-53-17-1-45(2-18-53)41-77-33-35-78(42-46-3-19-54(20-4-46)70-62(82)74-58-27-11-50(66)12-28-58)37-39-80(44-48-7-23-56(24-8-48)72-64(84)76-60-31-15-52(68)16-32-60)40-38-79(36-34-77)43-47-5-21-55(22-6-47)71-63(83)75-59-29-13-51(67)14-30-59/h1-32H,33-44H2,(H2,69,73,81)(H2,70,74,82)(H2,71,75,83)(H2,72,76,84). The zero-order valence-corrected chi connectivity index (χ0v) is 45.9. The third-order valence-corrected chi connectivity index (χ3v) is 13.8. The SMILES string of the molecule is O=C(Nc1ccc(F)cc1)Nc1ccc(CN2CCN(Cc3ccc(NC(=O)Nc4ccc(F)cc4)cc3)CCN(Cc3ccc(NC(=O)Nc4ccc(F)cc4)cc3)CCN(Cc3ccc(NC(=O)Nc4ccc(F)cc4)cc3)CC2)cc1. The molecule has 16 nitrogen and oxygen atoms in total. The number of hydrogen-bond donors (Lipinski definition) is 8. The van der Waals surface area contributed by atoms with Gasteiger partial charge in [-0.2, -0.15) is 0 Å². The molecule has 20 heteroatoms. The van der Waals surface area contributed by atoms with Gasteiger partial charge in [-0.25, -0.2) is 36.7 Å². The Hall–Kier alpha value is -9.60. The van der Waals surface area contributed by atoms with Crippen LogP contribution in [0.5, 0.6) is 0 Å². The number of amides is 8. The fourth-order valence-electron chi connectivity index (χ4n) is 9.32. The number of carbonyl (C=O) groups excluding carboxylic acids is 4. The lowest BCUT2D eigenvalue weighted by atomic mass is 10.1. The molecule has 0 aromatic heterocycles. The van der Waals surface area contributed by atoms with Crippen LogP contribution in [-0.4, -0.2) is 96.1 Å². The van der Waals surface area contributed by atoms with Gasteiger partial charge in [0.15, 0.2) is 0 Å². The lowest BCUT2D eigenvalue weighted by molar-refractivity contribution is 0.122. The molecular weight excluding hydrogens is 1080 g/mol. The quantitative estimate of drug-likeness (QED) is 0.0441. The molecule has 8 amide bonds. The highest BCUT2D eigenvalue weighted by Crippen LogP contribution is 2.21. The van der Waals surface area contributed by atoms with Crippen LogP contribution in [0.4, 0.5) is 82.2 Å². The molecule has 1 saturated heterocycles. The summed E-state index contributed by atoms with van der Waals surface area (Å²) in [5.74, 6) is -1.60. The van der Waals surface area contributed by atoms with Gasteiger partial charge in [-0.05, 0) is 168 Å². The second-order valence-electron chi connectivity index (χ2n) is 20.2. The number of rotatable bonds is 16. The molecule has 0 aliphatic carbocycles. The summed E-state index contributed by atoms with van der Waals surface area (Å²) >= 11 is 0. The Labute approximate surface area is 484 Å². The minimum atomic E-state index is -0.454. The van der Waals surface area contributed by atoms with E-state index in [1.165, 1.54) is 97.1 Å². The summed E-state index contributed by atoms with van der Waals surface area (Å²) in [6.07, 6.45) is 0. The maximum Gasteiger partial charge on any atom is 0.323 e. The number of nitrogens with one attached hydrogen (secondary N) is 8. The Morgan fingerprint density at radius 2 is 0.369 bits per heavy atom. The number of nitrogens with zero attached hydrogens (tertiary/aromatic N) is 4. The molecule has 8 aromatic carbocycles. The van der Waals surface area contributed by atoms with Crippen LogP contribution < -0.4 is 42.5 Å². The molecule has 0 saturated carbocycles. The Bertz CT molecular complexity index is 2940. The molecule has 1 aliphatic rings. The van der Waals surface area contributed by atoms with Crippen molar-refractivity contribution in [2.45, 2.75) is 26.2 Å². The van der Waals surface area contributed by atoms with Crippen LogP contribution in [0.3, 0.4) is 0 Å². The fourth-order valence-corrected chi connectivity index (χ4v) is 9.32. The van der Waals surface area contributed by atoms with Crippen molar-refractivity contribution in [3.05, 3.63) is 240 Å². The van der Waals surface area contributed by atoms with Gasteiger partial charge in [0.25, 0.3) is 0 Å². The number of carbonyl (C=O) groups is 4. The minimum Gasteiger partial charge on any atom is -0.308 e. The zero-order chi connectivity index (χ0) is 58.6. The first-order chi connectivity index (χ1) is 40.7. The van der Waals surface area contributed by atoms with E-state index in [1.54, 1.807) is 0 Å². The molecule has 8 aromatic rings. The van der Waals surface area contributed by atoms with Gasteiger partial charge in [-0.1, -0.05) is 48.5 Å². The van der Waals surface area contributed by atoms with Crippen LogP contribution in [0, 0.1) is 23.3 Å². The van der Waals surface area contributed by atoms with E-state index >= 15 is 0 Å². The predicted molar refractivity (Wildman–Crippen MR) is 323 cm³/mol. The summed E-state index contributed by atoms with van der Waals surface area (Å²) < 4.78 is 53.9. The third-order valence-electron chi connectivity index (χ3n) is 13.8. The molecule has 1 aliphatic heterocycles. The number of hydrogen-bond acceptors (Lipinski definition) is 8. The Morgan fingerprint density at radius 1 is 0.238 bits per heavy atom. The lowest BCUT2D eigenvalue weighted by Crippen LogP contribution is -2.45. The molecule has 0 spiro atoms. The molecule has 9 rings (SSSR count). The predicted octanol–water partition coefficient (Wildman–Crippen LogP) is 13.1. The monoisotopic (exact) mass is 1140 g/mol. The van der Waals surface area contributed by atoms with E-state index in [9.17, 15) is 36.7 Å². The van der Waals surface area contributed by atoms with E-state index in [4.69, 9.17) is 0 Å². The average Bonchev–Trinajstić information content (AvgIpc) is 3.53. The lowest BCUT2D eigenvalue weighted by Gasteiger charge is -2.34. The van der Waals surface area contributed by atoms with E-state index in [2.05, 4.69) is 62.1 Å². The summed E-state index contributed by atoms with van der Waals surface area (Å²) in [6.45, 7) is 8.15. The average molecular weight is 1140 g/mol. The van der Waals surface area contributed by atoms with Crippen molar-refractivity contribution in [2.24, 2.45) is 0 Å². The molecule has 0 atom stereocenters. The van der Waals surface area contributed by atoms with Crippen LogP contribution in [0.25, 0.3) is 0 Å². The van der Waals surface area contributed by atoms with Gasteiger partial charge in [0.2, 0.25) is 0 Å². The van der Waals surface area contributed by atoms with Crippen LogP contribution in [0.15, 0.2) is 194 Å². The third kappa shape index (κ3) is 19.3. The van der Waals surface area contributed by atoms with Crippen LogP contribution >= 0.6 is 0 Å². The molecule has 0 radical (unpaired) electrons. The van der Waals surface area contributed by atoms with E-state index in [-0.39, 0.29) is 0 Å². The molecule has 8 N–H and O–H groups in total. The van der Waals surface area contributed by atoms with Crippen LogP contribution in [-0.2, 0) is 26.2 Å². The number of urea groups is 4. The molecule has 0 bridgehead atoms. The van der Waals surface area contributed by atoms with Gasteiger partial charge in [0, 0.05) is 124 Å². The summed E-state index contributed by atoms with van der Waals surface area (Å²) in [7, 11) is 0. The maximum atomic E-state index is 13.5. The van der Waals surface area contributed by atoms with E-state index < -0.39 is 47.4 Å². The topological polar surface area (TPSA) is 177 Å². The van der Waals surface area contributed by atoms with Gasteiger partial charge in [0.1, 0.15) is 23.3 Å². The normalized spacial score (nSPS) is 13.8. The van der Waals surface area contributed by atoms with E-state index in [1.807, 2.05) is 97.1 Å². The van der Waals surface area contributed by atoms with Gasteiger partial charge in [0.05, 0.1) is 0 Å². The minimum absolute atomic E-state index is 0.400. The smallest absolute Gasteiger partial charge is 0.308 e. The highest BCUT2D eigenvalue weighted by atomic mass is 19.1. The van der Waals surface area contributed by atoms with Crippen molar-refractivity contribution in [3.63, 3.8) is 0 Å². The first-order valence-electron chi connectivity index (χ1n) is 27.4. The molecule has 1 heterocycles. The zero-order valence-electron chi connectivity index (χ0n) is 45.9. The molecule has 0 unspecified atom stereocenters. The highest BCUT2D eigenvalue weighted by molar-refractivity contribution is 6.01. The van der Waals surface area contributed by atoms with Crippen molar-refractivity contribution in [1.29, 1.82) is 0 Å². The summed E-state index contributed by atoms with van der Waals surface area (Å²) in [5.41, 5.74) is 8.40. The first kappa shape index (κ1) is 59.0. The number of anilines is 8. The van der Waals surface area contributed by atoms with Crippen LogP contribution in [0.2, 0.25) is 0 Å². The Morgan fingerprint density at radius 3 is 0.512 bits per heavy atom. The summed E-state index contributed by atoms with van der Waals surface area (Å²) in [4.78, 5) is 61.0. The van der Waals surface area contributed by atoms with Gasteiger partial charge in [-0.15, -0.1) is 0 Å². The van der Waals surface area contributed by atoms with Gasteiger partial charge in [-0.3, -0.25) is 19.6 Å². The van der Waals surface area contributed by atoms with Crippen molar-refractivity contribution in [2.75, 3.05) is 94.9 Å². The molecule has 1 fully saturated rings. The van der Waals surface area contributed by atoms with Crippen molar-refractivity contribution in [3.8, 4) is 0 Å². The largest absolute Gasteiger partial charge is 0.323 e. The van der Waals surface area contributed by atoms with Crippen molar-refractivity contribution >= 4 is 69.6 Å². The van der Waals surface area contributed by atoms with E-state index in [0.717, 1.165) is 22.3 Å². The van der Waals surface area contributed by atoms with Crippen molar-refractivity contribution in [1.82, 2.24) is 19.6 Å². The number of benzene rings is 8. The number of halogens is 4. The van der Waals surface area contributed by atoms with E-state index in [0.29, 0.717) is 124 Å². The highest BCUT2D eigenvalue weighted by Gasteiger charge is 2.20. The fraction of sp³-hybridized carbons (Fsp3) is 0.188. The van der Waals surface area contributed by atoms with Crippen LogP contribution in [0.1, 0.15) is 22.3 Å². The van der Waals surface area contributed by atoms with Gasteiger partial charge >= 0.3 is 24.1 Å². The summed E-state index contributed by atoms with van der Waals surface area (Å²) in [5, 5.41) is 22.3. The Kier molecular flexibility index (Phi) is 20.7. The second-order valence-corrected chi connectivity index (χ2v) is 20.2. The maximum absolute atomic E-state index is 13.5. The molecular formula is C64H64F4N12O4. The summed E-state index contributed by atoms with van der Waals surface area (Å²) in [6, 6.07) is 51.1. The second kappa shape index (κ2) is 29.4. The van der Waals surface area contributed by atoms with Gasteiger partial charge < -0.3 is 42.5 Å². The first-order valence-corrected chi connectivity index (χ1v) is 27.4.